The maximum Gasteiger partial charge on any atom is 0.231 e. The summed E-state index contributed by atoms with van der Waals surface area (Å²) in [5.74, 6) is 0.826. The van der Waals surface area contributed by atoms with Crippen molar-refractivity contribution in [3.05, 3.63) is 59.4 Å². The highest BCUT2D eigenvalue weighted by molar-refractivity contribution is 5.45. The molecule has 0 saturated heterocycles. The molecular formula is C16H12FNO2. The first-order valence-corrected chi connectivity index (χ1v) is 6.30. The average molecular weight is 269 g/mol. The van der Waals surface area contributed by atoms with E-state index in [0.717, 1.165) is 16.9 Å². The first-order chi connectivity index (χ1) is 9.76. The standard InChI is InChI=1S/C16H12FNO2/c17-14-4-2-12(3-5-14)13(9-18)7-11-1-6-15-16(8-11)20-10-19-15/h1-6,8,13H,7,10H2. The van der Waals surface area contributed by atoms with Crippen LogP contribution in [0.5, 0.6) is 11.5 Å². The van der Waals surface area contributed by atoms with Gasteiger partial charge in [-0.3, -0.25) is 0 Å². The Morgan fingerprint density at radius 2 is 1.85 bits per heavy atom. The van der Waals surface area contributed by atoms with Crippen LogP contribution in [0, 0.1) is 17.1 Å². The number of benzene rings is 2. The minimum Gasteiger partial charge on any atom is -0.454 e. The molecule has 3 rings (SSSR count). The number of ether oxygens (including phenoxy) is 2. The molecule has 0 radical (unpaired) electrons. The number of halogens is 1. The molecule has 1 atom stereocenters. The summed E-state index contributed by atoms with van der Waals surface area (Å²) in [6.07, 6.45) is 0.554. The van der Waals surface area contributed by atoms with Crippen LogP contribution in [-0.4, -0.2) is 6.79 Å². The lowest BCUT2D eigenvalue weighted by atomic mass is 9.93. The highest BCUT2D eigenvalue weighted by atomic mass is 19.1. The second-order valence-corrected chi connectivity index (χ2v) is 4.62. The average Bonchev–Trinajstić information content (AvgIpc) is 2.93. The van der Waals surface area contributed by atoms with E-state index in [0.29, 0.717) is 12.2 Å². The van der Waals surface area contributed by atoms with E-state index >= 15 is 0 Å². The molecule has 1 heterocycles. The van der Waals surface area contributed by atoms with Crippen molar-refractivity contribution in [3.8, 4) is 17.6 Å². The van der Waals surface area contributed by atoms with Crippen LogP contribution >= 0.6 is 0 Å². The van der Waals surface area contributed by atoms with Crippen molar-refractivity contribution in [1.29, 1.82) is 5.26 Å². The van der Waals surface area contributed by atoms with Crippen LogP contribution in [0.15, 0.2) is 42.5 Å². The molecule has 0 amide bonds. The van der Waals surface area contributed by atoms with Crippen molar-refractivity contribution in [3.63, 3.8) is 0 Å². The molecule has 0 aliphatic carbocycles. The summed E-state index contributed by atoms with van der Waals surface area (Å²) < 4.78 is 23.5. The van der Waals surface area contributed by atoms with Gasteiger partial charge in [-0.2, -0.15) is 5.26 Å². The zero-order valence-corrected chi connectivity index (χ0v) is 10.7. The van der Waals surface area contributed by atoms with Crippen molar-refractivity contribution >= 4 is 0 Å². The molecule has 0 bridgehead atoms. The fourth-order valence-corrected chi connectivity index (χ4v) is 2.24. The molecule has 2 aromatic carbocycles. The Morgan fingerprint density at radius 3 is 2.60 bits per heavy atom. The number of nitrogens with zero attached hydrogens (tertiary/aromatic N) is 1. The Balaban J connectivity index is 1.81. The van der Waals surface area contributed by atoms with Gasteiger partial charge in [0.15, 0.2) is 11.5 Å². The number of fused-ring (bicyclic) bond motifs is 1. The van der Waals surface area contributed by atoms with E-state index in [-0.39, 0.29) is 18.5 Å². The van der Waals surface area contributed by atoms with Gasteiger partial charge in [0.25, 0.3) is 0 Å². The second-order valence-electron chi connectivity index (χ2n) is 4.62. The molecule has 2 aromatic rings. The van der Waals surface area contributed by atoms with E-state index in [1.165, 1.54) is 12.1 Å². The maximum absolute atomic E-state index is 12.9. The number of hydrogen-bond acceptors (Lipinski definition) is 3. The van der Waals surface area contributed by atoms with Crippen molar-refractivity contribution in [2.45, 2.75) is 12.3 Å². The lowest BCUT2D eigenvalue weighted by molar-refractivity contribution is 0.174. The molecular weight excluding hydrogens is 257 g/mol. The molecule has 0 N–H and O–H groups in total. The summed E-state index contributed by atoms with van der Waals surface area (Å²) in [6.45, 7) is 0.235. The van der Waals surface area contributed by atoms with Crippen molar-refractivity contribution in [2.24, 2.45) is 0 Å². The van der Waals surface area contributed by atoms with Gasteiger partial charge < -0.3 is 9.47 Å². The molecule has 0 aromatic heterocycles. The lowest BCUT2D eigenvalue weighted by Gasteiger charge is -2.10. The van der Waals surface area contributed by atoms with E-state index in [2.05, 4.69) is 6.07 Å². The number of nitriles is 1. The summed E-state index contributed by atoms with van der Waals surface area (Å²) in [7, 11) is 0. The third-order valence-electron chi connectivity index (χ3n) is 3.31. The monoisotopic (exact) mass is 269 g/mol. The van der Waals surface area contributed by atoms with Crippen molar-refractivity contribution in [2.75, 3.05) is 6.79 Å². The van der Waals surface area contributed by atoms with Gasteiger partial charge in [-0.1, -0.05) is 18.2 Å². The molecule has 3 nitrogen and oxygen atoms in total. The van der Waals surface area contributed by atoms with E-state index in [4.69, 9.17) is 9.47 Å². The Morgan fingerprint density at radius 1 is 1.10 bits per heavy atom. The fourth-order valence-electron chi connectivity index (χ4n) is 2.24. The summed E-state index contributed by atoms with van der Waals surface area (Å²) in [5.41, 5.74) is 1.80. The zero-order chi connectivity index (χ0) is 13.9. The van der Waals surface area contributed by atoms with Gasteiger partial charge >= 0.3 is 0 Å². The van der Waals surface area contributed by atoms with Crippen LogP contribution in [-0.2, 0) is 6.42 Å². The largest absolute Gasteiger partial charge is 0.454 e. The SMILES string of the molecule is N#CC(Cc1ccc2c(c1)OCO2)c1ccc(F)cc1. The van der Waals surface area contributed by atoms with Gasteiger partial charge in [0.1, 0.15) is 5.82 Å². The van der Waals surface area contributed by atoms with Gasteiger partial charge in [-0.25, -0.2) is 4.39 Å². The maximum atomic E-state index is 12.9. The molecule has 100 valence electrons. The predicted octanol–water partition coefficient (Wildman–Crippen LogP) is 3.40. The van der Waals surface area contributed by atoms with Crippen LogP contribution in [0.2, 0.25) is 0 Å². The number of rotatable bonds is 3. The van der Waals surface area contributed by atoms with Crippen LogP contribution in [0.3, 0.4) is 0 Å². The van der Waals surface area contributed by atoms with E-state index in [1.807, 2.05) is 18.2 Å². The second kappa shape index (κ2) is 5.22. The first kappa shape index (κ1) is 12.5. The minimum absolute atomic E-state index is 0.235. The molecule has 1 unspecified atom stereocenters. The summed E-state index contributed by atoms with van der Waals surface area (Å²) >= 11 is 0. The van der Waals surface area contributed by atoms with E-state index in [1.54, 1.807) is 12.1 Å². The van der Waals surface area contributed by atoms with Gasteiger partial charge in [0.05, 0.1) is 12.0 Å². The highest BCUT2D eigenvalue weighted by Gasteiger charge is 2.16. The fraction of sp³-hybridized carbons (Fsp3) is 0.188. The molecule has 20 heavy (non-hydrogen) atoms. The van der Waals surface area contributed by atoms with Gasteiger partial charge in [0, 0.05) is 0 Å². The van der Waals surface area contributed by atoms with Crippen LogP contribution in [0.25, 0.3) is 0 Å². The predicted molar refractivity (Wildman–Crippen MR) is 71.0 cm³/mol. The molecule has 1 aliphatic rings. The smallest absolute Gasteiger partial charge is 0.231 e. The van der Waals surface area contributed by atoms with E-state index < -0.39 is 0 Å². The Kier molecular flexibility index (Phi) is 3.26. The molecule has 0 saturated carbocycles. The van der Waals surface area contributed by atoms with Crippen LogP contribution in [0.4, 0.5) is 4.39 Å². The Hall–Kier alpha value is -2.54. The summed E-state index contributed by atoms with van der Waals surface area (Å²) in [4.78, 5) is 0. The molecule has 0 spiro atoms. The minimum atomic E-state index is -0.309. The topological polar surface area (TPSA) is 42.2 Å². The third-order valence-corrected chi connectivity index (χ3v) is 3.31. The Labute approximate surface area is 116 Å². The third kappa shape index (κ3) is 2.43. The molecule has 1 aliphatic heterocycles. The van der Waals surface area contributed by atoms with E-state index in [9.17, 15) is 9.65 Å². The molecule has 4 heteroatoms. The highest BCUT2D eigenvalue weighted by Crippen LogP contribution is 2.33. The van der Waals surface area contributed by atoms with Crippen LogP contribution < -0.4 is 9.47 Å². The summed E-state index contributed by atoms with van der Waals surface area (Å²) in [5, 5.41) is 9.30. The van der Waals surface area contributed by atoms with Gasteiger partial charge in [0.2, 0.25) is 6.79 Å². The number of hydrogen-bond donors (Lipinski definition) is 0. The molecule has 0 fully saturated rings. The zero-order valence-electron chi connectivity index (χ0n) is 10.7. The lowest BCUT2D eigenvalue weighted by Crippen LogP contribution is -2.00. The summed E-state index contributed by atoms with van der Waals surface area (Å²) in [6, 6.07) is 14.0. The van der Waals surface area contributed by atoms with Gasteiger partial charge in [-0.05, 0) is 41.8 Å². The van der Waals surface area contributed by atoms with Crippen molar-refractivity contribution < 1.29 is 13.9 Å². The Bertz CT molecular complexity index is 661. The van der Waals surface area contributed by atoms with Crippen LogP contribution in [0.1, 0.15) is 17.0 Å². The van der Waals surface area contributed by atoms with Gasteiger partial charge in [-0.15, -0.1) is 0 Å². The normalized spacial score (nSPS) is 13.8. The quantitative estimate of drug-likeness (QED) is 0.857. The van der Waals surface area contributed by atoms with Crippen molar-refractivity contribution in [1.82, 2.24) is 0 Å². The first-order valence-electron chi connectivity index (χ1n) is 6.30.